The Morgan fingerprint density at radius 2 is 2.00 bits per heavy atom. The van der Waals surface area contributed by atoms with E-state index in [0.717, 1.165) is 16.9 Å². The molecule has 4 nitrogen and oxygen atoms in total. The van der Waals surface area contributed by atoms with Gasteiger partial charge in [-0.2, -0.15) is 0 Å². The number of hydrogen-bond acceptors (Lipinski definition) is 3. The molecule has 1 rings (SSSR count). The highest BCUT2D eigenvalue weighted by Crippen LogP contribution is 2.20. The fraction of sp³-hybridized carbons (Fsp3) is 0.600. The van der Waals surface area contributed by atoms with Gasteiger partial charge in [0, 0.05) is 6.54 Å². The summed E-state index contributed by atoms with van der Waals surface area (Å²) in [6, 6.07) is 5.98. The zero-order valence-corrected chi connectivity index (χ0v) is 13.6. The van der Waals surface area contributed by atoms with Crippen molar-refractivity contribution in [1.29, 1.82) is 0 Å². The second-order valence-corrected chi connectivity index (χ2v) is 7.16. The number of aryl methyl sites for hydroxylation is 1. The lowest BCUT2D eigenvalue weighted by molar-refractivity contribution is 0.240. The van der Waals surface area contributed by atoms with Crippen LogP contribution in [-0.2, 0) is 16.4 Å². The number of rotatable bonds is 8. The maximum absolute atomic E-state index is 11.5. The van der Waals surface area contributed by atoms with E-state index in [9.17, 15) is 8.42 Å². The molecule has 0 heterocycles. The number of sulfonamides is 1. The van der Waals surface area contributed by atoms with E-state index in [1.165, 1.54) is 0 Å². The van der Waals surface area contributed by atoms with E-state index in [4.69, 9.17) is 4.74 Å². The minimum Gasteiger partial charge on any atom is -0.491 e. The molecule has 0 radical (unpaired) electrons. The highest BCUT2D eigenvalue weighted by atomic mass is 32.2. The van der Waals surface area contributed by atoms with Crippen molar-refractivity contribution in [1.82, 2.24) is 4.72 Å². The largest absolute Gasteiger partial charge is 0.491 e. The van der Waals surface area contributed by atoms with Crippen LogP contribution in [0.25, 0.3) is 0 Å². The number of ether oxygens (including phenoxy) is 1. The van der Waals surface area contributed by atoms with Crippen molar-refractivity contribution in [3.05, 3.63) is 29.3 Å². The molecule has 20 heavy (non-hydrogen) atoms. The second-order valence-electron chi connectivity index (χ2n) is 5.23. The summed E-state index contributed by atoms with van der Waals surface area (Å²) in [5.41, 5.74) is 2.19. The molecule has 0 saturated heterocycles. The van der Waals surface area contributed by atoms with Crippen molar-refractivity contribution in [3.8, 4) is 5.75 Å². The van der Waals surface area contributed by atoms with Gasteiger partial charge in [-0.15, -0.1) is 0 Å². The van der Waals surface area contributed by atoms with Gasteiger partial charge in [0.15, 0.2) is 0 Å². The van der Waals surface area contributed by atoms with E-state index in [0.29, 0.717) is 19.4 Å². The zero-order chi connectivity index (χ0) is 15.2. The first-order valence-electron chi connectivity index (χ1n) is 7.07. The first kappa shape index (κ1) is 17.0. The number of nitrogens with one attached hydrogen (secondary N) is 1. The van der Waals surface area contributed by atoms with Gasteiger partial charge in [-0.3, -0.25) is 0 Å². The topological polar surface area (TPSA) is 55.4 Å². The molecule has 0 aliphatic carbocycles. The summed E-state index contributed by atoms with van der Waals surface area (Å²) in [7, 11) is -3.11. The van der Waals surface area contributed by atoms with E-state index in [2.05, 4.69) is 4.72 Å². The monoisotopic (exact) mass is 299 g/mol. The van der Waals surface area contributed by atoms with Crippen LogP contribution in [0.15, 0.2) is 18.2 Å². The van der Waals surface area contributed by atoms with Crippen molar-refractivity contribution in [2.24, 2.45) is 0 Å². The molecule has 0 saturated carbocycles. The molecular formula is C15H25NO3S. The first-order valence-corrected chi connectivity index (χ1v) is 8.73. The molecule has 5 heteroatoms. The van der Waals surface area contributed by atoms with E-state index < -0.39 is 10.0 Å². The zero-order valence-electron chi connectivity index (χ0n) is 12.8. The standard InChI is InChI=1S/C15H25NO3S/c1-5-10-20(17,18)16-9-8-14-6-7-15(13(4)11-14)19-12(2)3/h6-7,11-12,16H,5,8-10H2,1-4H3. The molecule has 0 atom stereocenters. The molecule has 0 aliphatic rings. The summed E-state index contributed by atoms with van der Waals surface area (Å²) in [6.45, 7) is 8.29. The van der Waals surface area contributed by atoms with Crippen molar-refractivity contribution < 1.29 is 13.2 Å². The first-order chi connectivity index (χ1) is 9.34. The smallest absolute Gasteiger partial charge is 0.211 e. The molecule has 1 aromatic carbocycles. The average molecular weight is 299 g/mol. The van der Waals surface area contributed by atoms with E-state index in [1.807, 2.05) is 45.9 Å². The van der Waals surface area contributed by atoms with Crippen LogP contribution in [0.5, 0.6) is 5.75 Å². The van der Waals surface area contributed by atoms with Gasteiger partial charge in [-0.1, -0.05) is 19.1 Å². The molecule has 0 aromatic heterocycles. The maximum Gasteiger partial charge on any atom is 0.211 e. The van der Waals surface area contributed by atoms with Gasteiger partial charge in [-0.25, -0.2) is 13.1 Å². The van der Waals surface area contributed by atoms with E-state index in [1.54, 1.807) is 0 Å². The fourth-order valence-electron chi connectivity index (χ4n) is 1.94. The van der Waals surface area contributed by atoms with Gasteiger partial charge in [0.2, 0.25) is 10.0 Å². The number of benzene rings is 1. The lowest BCUT2D eigenvalue weighted by Crippen LogP contribution is -2.28. The molecule has 1 aromatic rings. The molecule has 0 fully saturated rings. The van der Waals surface area contributed by atoms with Gasteiger partial charge in [0.05, 0.1) is 11.9 Å². The van der Waals surface area contributed by atoms with Crippen LogP contribution in [0, 0.1) is 6.92 Å². The normalized spacial score (nSPS) is 11.8. The molecule has 0 bridgehead atoms. The molecule has 0 aliphatic heterocycles. The summed E-state index contributed by atoms with van der Waals surface area (Å²) >= 11 is 0. The minimum absolute atomic E-state index is 0.153. The Morgan fingerprint density at radius 3 is 2.55 bits per heavy atom. The third-order valence-corrected chi connectivity index (χ3v) is 4.40. The molecular weight excluding hydrogens is 274 g/mol. The molecule has 0 unspecified atom stereocenters. The highest BCUT2D eigenvalue weighted by Gasteiger charge is 2.08. The van der Waals surface area contributed by atoms with Crippen molar-refractivity contribution in [2.45, 2.75) is 46.6 Å². The Morgan fingerprint density at radius 1 is 1.30 bits per heavy atom. The van der Waals surface area contributed by atoms with E-state index >= 15 is 0 Å². The fourth-order valence-corrected chi connectivity index (χ4v) is 3.04. The van der Waals surface area contributed by atoms with Crippen LogP contribution >= 0.6 is 0 Å². The summed E-state index contributed by atoms with van der Waals surface area (Å²) in [6.07, 6.45) is 1.47. The van der Waals surface area contributed by atoms with Crippen LogP contribution in [-0.4, -0.2) is 26.8 Å². The van der Waals surface area contributed by atoms with E-state index in [-0.39, 0.29) is 11.9 Å². The summed E-state index contributed by atoms with van der Waals surface area (Å²) in [5, 5.41) is 0. The van der Waals surface area contributed by atoms with Gasteiger partial charge in [0.25, 0.3) is 0 Å². The van der Waals surface area contributed by atoms with Gasteiger partial charge in [-0.05, 0) is 50.8 Å². The Labute approximate surface area is 122 Å². The second kappa shape index (κ2) is 7.64. The Hall–Kier alpha value is -1.07. The molecule has 0 amide bonds. The third kappa shape index (κ3) is 5.92. The molecule has 114 valence electrons. The lowest BCUT2D eigenvalue weighted by Gasteiger charge is -2.13. The van der Waals surface area contributed by atoms with Gasteiger partial charge >= 0.3 is 0 Å². The molecule has 0 spiro atoms. The Balaban J connectivity index is 2.55. The van der Waals surface area contributed by atoms with Crippen molar-refractivity contribution >= 4 is 10.0 Å². The quantitative estimate of drug-likeness (QED) is 0.803. The van der Waals surface area contributed by atoms with Crippen LogP contribution in [0.4, 0.5) is 0 Å². The summed E-state index contributed by atoms with van der Waals surface area (Å²) < 4.78 is 31.4. The Bertz CT molecular complexity index is 524. The van der Waals surface area contributed by atoms with Crippen LogP contribution in [0.2, 0.25) is 0 Å². The maximum atomic E-state index is 11.5. The summed E-state index contributed by atoms with van der Waals surface area (Å²) in [4.78, 5) is 0. The highest BCUT2D eigenvalue weighted by molar-refractivity contribution is 7.89. The van der Waals surface area contributed by atoms with Crippen LogP contribution < -0.4 is 9.46 Å². The van der Waals surface area contributed by atoms with Crippen molar-refractivity contribution in [2.75, 3.05) is 12.3 Å². The van der Waals surface area contributed by atoms with Gasteiger partial charge < -0.3 is 4.74 Å². The Kier molecular flexibility index (Phi) is 6.49. The average Bonchev–Trinajstić information content (AvgIpc) is 2.31. The predicted octanol–water partition coefficient (Wildman–Crippen LogP) is 2.65. The summed E-state index contributed by atoms with van der Waals surface area (Å²) in [5.74, 6) is 1.07. The predicted molar refractivity (Wildman–Crippen MR) is 82.7 cm³/mol. The van der Waals surface area contributed by atoms with Crippen molar-refractivity contribution in [3.63, 3.8) is 0 Å². The third-order valence-electron chi connectivity index (χ3n) is 2.81. The van der Waals surface area contributed by atoms with Gasteiger partial charge in [0.1, 0.15) is 5.75 Å². The van der Waals surface area contributed by atoms with Crippen LogP contribution in [0.3, 0.4) is 0 Å². The van der Waals surface area contributed by atoms with Crippen LogP contribution in [0.1, 0.15) is 38.3 Å². The molecule has 1 N–H and O–H groups in total. The SMILES string of the molecule is CCCS(=O)(=O)NCCc1ccc(OC(C)C)c(C)c1. The minimum atomic E-state index is -3.11. The lowest BCUT2D eigenvalue weighted by atomic mass is 10.1. The number of hydrogen-bond donors (Lipinski definition) is 1.